The average Bonchev–Trinajstić information content (AvgIpc) is 3.64. The molecule has 0 aromatic heterocycles. The van der Waals surface area contributed by atoms with Gasteiger partial charge in [-0.25, -0.2) is 0 Å². The molecule has 0 unspecified atom stereocenters. The molecule has 0 spiro atoms. The number of aryl methyl sites for hydroxylation is 1. The Morgan fingerprint density at radius 1 is 0.815 bits per heavy atom. The van der Waals surface area contributed by atoms with Gasteiger partial charge in [0, 0.05) is 13.0 Å². The van der Waals surface area contributed by atoms with E-state index in [0.29, 0.717) is 24.8 Å². The minimum Gasteiger partial charge on any atom is -0.381 e. The number of benzene rings is 2. The number of hydrogen-bond acceptors (Lipinski definition) is 8. The number of nitrogens with zero attached hydrogens (tertiary/aromatic N) is 1. The van der Waals surface area contributed by atoms with Crippen LogP contribution in [0.3, 0.4) is 0 Å². The molecular formula is C39H55N7O8. The van der Waals surface area contributed by atoms with Gasteiger partial charge in [-0.15, -0.1) is 0 Å². The summed E-state index contributed by atoms with van der Waals surface area (Å²) in [5.74, 6) is -5.56. The van der Waals surface area contributed by atoms with E-state index in [0.717, 1.165) is 5.56 Å². The van der Waals surface area contributed by atoms with Crippen LogP contribution < -0.4 is 32.7 Å². The van der Waals surface area contributed by atoms with E-state index in [1.807, 2.05) is 37.3 Å². The smallest absolute Gasteiger partial charge is 0.254 e. The van der Waals surface area contributed by atoms with Crippen LogP contribution in [-0.4, -0.2) is 94.2 Å². The Balaban J connectivity index is 1.80. The maximum atomic E-state index is 14.0. The highest BCUT2D eigenvalue weighted by atomic mass is 16.3. The lowest BCUT2D eigenvalue weighted by Gasteiger charge is -2.32. The molecule has 294 valence electrons. The summed E-state index contributed by atoms with van der Waals surface area (Å²) in [6.45, 7) is 7.20. The maximum Gasteiger partial charge on any atom is 0.254 e. The summed E-state index contributed by atoms with van der Waals surface area (Å²) in [4.78, 5) is 92.7. The number of likely N-dealkylation sites (tertiary alicyclic amines) is 1. The molecule has 54 heavy (non-hydrogen) atoms. The minimum absolute atomic E-state index is 0.0113. The van der Waals surface area contributed by atoms with Crippen LogP contribution in [-0.2, 0) is 46.4 Å². The fourth-order valence-corrected chi connectivity index (χ4v) is 6.38. The Labute approximate surface area is 316 Å². The van der Waals surface area contributed by atoms with Crippen molar-refractivity contribution in [2.45, 2.75) is 109 Å². The van der Waals surface area contributed by atoms with E-state index in [2.05, 4.69) is 21.3 Å². The lowest BCUT2D eigenvalue weighted by Crippen LogP contribution is -2.60. The average molecular weight is 750 g/mol. The summed E-state index contributed by atoms with van der Waals surface area (Å²) < 4.78 is 0. The zero-order valence-corrected chi connectivity index (χ0v) is 31.5. The van der Waals surface area contributed by atoms with Gasteiger partial charge in [0.1, 0.15) is 24.2 Å². The Morgan fingerprint density at radius 2 is 1.43 bits per heavy atom. The molecule has 15 heteroatoms. The number of primary amides is 2. The van der Waals surface area contributed by atoms with Crippen molar-refractivity contribution >= 4 is 41.4 Å². The van der Waals surface area contributed by atoms with Crippen molar-refractivity contribution in [3.8, 4) is 0 Å². The quantitative estimate of drug-likeness (QED) is 0.0985. The number of carbonyl (C=O) groups is 7. The molecule has 1 heterocycles. The largest absolute Gasteiger partial charge is 0.381 e. The Hall–Kier alpha value is -5.31. The van der Waals surface area contributed by atoms with Gasteiger partial charge in [0.25, 0.3) is 5.91 Å². The van der Waals surface area contributed by atoms with Gasteiger partial charge in [-0.3, -0.25) is 33.6 Å². The number of nitrogens with one attached hydrogen (secondary N) is 4. The summed E-state index contributed by atoms with van der Waals surface area (Å²) in [5.41, 5.74) is 12.5. The highest BCUT2D eigenvalue weighted by Gasteiger charge is 2.42. The lowest BCUT2D eigenvalue weighted by molar-refractivity contribution is -0.147. The highest BCUT2D eigenvalue weighted by molar-refractivity contribution is 5.96. The highest BCUT2D eigenvalue weighted by Crippen LogP contribution is 2.22. The monoisotopic (exact) mass is 749 g/mol. The van der Waals surface area contributed by atoms with Crippen LogP contribution in [0.2, 0.25) is 0 Å². The van der Waals surface area contributed by atoms with Gasteiger partial charge in [-0.2, -0.15) is 0 Å². The summed E-state index contributed by atoms with van der Waals surface area (Å²) in [5, 5.41) is 22.2. The Bertz CT molecular complexity index is 1610. The molecule has 1 saturated heterocycles. The fraction of sp³-hybridized carbons (Fsp3) is 0.513. The first kappa shape index (κ1) is 43.1. The van der Waals surface area contributed by atoms with Crippen molar-refractivity contribution in [3.05, 3.63) is 71.8 Å². The van der Waals surface area contributed by atoms with Gasteiger partial charge in [0.15, 0.2) is 6.10 Å². The number of amides is 7. The molecule has 0 aliphatic carbocycles. The minimum atomic E-state index is -1.85. The topological polar surface area (TPSA) is 243 Å². The molecule has 3 rings (SSSR count). The summed E-state index contributed by atoms with van der Waals surface area (Å²) >= 11 is 0. The molecule has 1 aliphatic heterocycles. The van der Waals surface area contributed by atoms with Crippen LogP contribution in [0.1, 0.15) is 70.9 Å². The predicted octanol–water partition coefficient (Wildman–Crippen LogP) is 0.216. The van der Waals surface area contributed by atoms with Gasteiger partial charge < -0.3 is 42.7 Å². The number of carbonyl (C=O) groups excluding carboxylic acids is 7. The van der Waals surface area contributed by atoms with Gasteiger partial charge >= 0.3 is 0 Å². The van der Waals surface area contributed by atoms with Crippen LogP contribution >= 0.6 is 0 Å². The Kier molecular flexibility index (Phi) is 16.6. The number of rotatable bonds is 20. The van der Waals surface area contributed by atoms with E-state index < -0.39 is 84.1 Å². The van der Waals surface area contributed by atoms with E-state index >= 15 is 0 Å². The van der Waals surface area contributed by atoms with Crippen molar-refractivity contribution in [2.75, 3.05) is 6.54 Å². The molecule has 0 radical (unpaired) electrons. The lowest BCUT2D eigenvalue weighted by atomic mass is 9.96. The van der Waals surface area contributed by atoms with Crippen LogP contribution in [0.25, 0.3) is 0 Å². The number of aliphatic hydroxyl groups is 1. The molecule has 1 aliphatic rings. The van der Waals surface area contributed by atoms with Crippen molar-refractivity contribution < 1.29 is 38.7 Å². The van der Waals surface area contributed by atoms with Crippen LogP contribution in [0.4, 0.5) is 0 Å². The molecule has 7 atom stereocenters. The number of hydrogen-bond donors (Lipinski definition) is 7. The first-order valence-corrected chi connectivity index (χ1v) is 18.5. The first-order valence-electron chi connectivity index (χ1n) is 18.5. The van der Waals surface area contributed by atoms with E-state index in [-0.39, 0.29) is 37.6 Å². The fourth-order valence-electron chi connectivity index (χ4n) is 6.38. The van der Waals surface area contributed by atoms with Gasteiger partial charge in [-0.05, 0) is 48.6 Å². The van der Waals surface area contributed by atoms with Gasteiger partial charge in [0.05, 0.1) is 12.5 Å². The molecule has 1 fully saturated rings. The zero-order valence-electron chi connectivity index (χ0n) is 31.5. The molecule has 15 nitrogen and oxygen atoms in total. The second-order valence-corrected chi connectivity index (χ2v) is 14.2. The molecule has 2 aromatic rings. The third-order valence-electron chi connectivity index (χ3n) is 9.70. The van der Waals surface area contributed by atoms with Crippen LogP contribution in [0.5, 0.6) is 0 Å². The SMILES string of the molecule is CC[C@H](C)[C@H](NC(=O)[C@@H]1CCCN1C(=O)[C@@H](O)[C@H](Cc1ccccc1)NC(=O)[C@H](CC(N)=O)NC(=O)CCc1ccccc1)C(=O)N[C@H](C(N)=O)C(C)C. The van der Waals surface area contributed by atoms with Gasteiger partial charge in [-0.1, -0.05) is 94.8 Å². The standard InChI is InChI=1S/C39H55N7O8/c1-5-24(4)33(38(53)44-32(23(2)3)35(41)50)45-37(52)29-17-12-20-46(29)39(54)34(49)27(21-26-15-10-7-11-16-26)43-36(51)28(22-30(40)47)42-31(48)19-18-25-13-8-6-9-14-25/h6-11,13-16,23-24,27-29,32-34,49H,5,12,17-22H2,1-4H3,(H2,40,47)(H2,41,50)(H,42,48)(H,43,51)(H,44,53)(H,45,52)/t24-,27-,28-,29-,32-,33-,34-/m0/s1. The molecule has 0 bridgehead atoms. The number of aliphatic hydroxyl groups excluding tert-OH is 1. The second-order valence-electron chi connectivity index (χ2n) is 14.2. The van der Waals surface area contributed by atoms with E-state index in [1.54, 1.807) is 51.1 Å². The predicted molar refractivity (Wildman–Crippen MR) is 201 cm³/mol. The summed E-state index contributed by atoms with van der Waals surface area (Å²) in [6.07, 6.45) is -0.771. The van der Waals surface area contributed by atoms with Crippen molar-refractivity contribution in [1.29, 1.82) is 0 Å². The van der Waals surface area contributed by atoms with Gasteiger partial charge in [0.2, 0.25) is 35.4 Å². The second kappa shape index (κ2) is 20.8. The molecule has 9 N–H and O–H groups in total. The molecule has 7 amide bonds. The van der Waals surface area contributed by atoms with Crippen molar-refractivity contribution in [2.24, 2.45) is 23.3 Å². The zero-order chi connectivity index (χ0) is 39.9. The molecule has 0 saturated carbocycles. The molecule has 2 aromatic carbocycles. The Morgan fingerprint density at radius 3 is 1.98 bits per heavy atom. The first-order chi connectivity index (χ1) is 25.6. The number of nitrogens with two attached hydrogens (primary N) is 2. The summed E-state index contributed by atoms with van der Waals surface area (Å²) in [6, 6.07) is 12.4. The van der Waals surface area contributed by atoms with Crippen LogP contribution in [0.15, 0.2) is 60.7 Å². The third kappa shape index (κ3) is 12.7. The van der Waals surface area contributed by atoms with E-state index in [9.17, 15) is 38.7 Å². The van der Waals surface area contributed by atoms with Crippen molar-refractivity contribution in [3.63, 3.8) is 0 Å². The summed E-state index contributed by atoms with van der Waals surface area (Å²) in [7, 11) is 0. The third-order valence-corrected chi connectivity index (χ3v) is 9.70. The maximum absolute atomic E-state index is 14.0. The normalized spacial score (nSPS) is 17.3. The van der Waals surface area contributed by atoms with E-state index in [4.69, 9.17) is 11.5 Å². The van der Waals surface area contributed by atoms with Crippen molar-refractivity contribution in [1.82, 2.24) is 26.2 Å². The van der Waals surface area contributed by atoms with E-state index in [1.165, 1.54) is 4.90 Å². The molecular weight excluding hydrogens is 694 g/mol. The van der Waals surface area contributed by atoms with Crippen LogP contribution in [0, 0.1) is 11.8 Å².